The molecule has 118 valence electrons. The molecule has 0 aromatic heterocycles. The smallest absolute Gasteiger partial charge is 0.255 e. The Labute approximate surface area is 139 Å². The summed E-state index contributed by atoms with van der Waals surface area (Å²) in [4.78, 5) is 24.4. The van der Waals surface area contributed by atoms with Crippen molar-refractivity contribution in [3.8, 4) is 5.75 Å². The van der Waals surface area contributed by atoms with Crippen LogP contribution in [-0.2, 0) is 0 Å². The van der Waals surface area contributed by atoms with Crippen molar-refractivity contribution in [3.63, 3.8) is 0 Å². The van der Waals surface area contributed by atoms with E-state index in [4.69, 9.17) is 16.3 Å². The molecule has 0 bridgehead atoms. The Bertz CT molecular complexity index is 781. The van der Waals surface area contributed by atoms with Gasteiger partial charge in [0.25, 0.3) is 5.91 Å². The molecule has 4 nitrogen and oxygen atoms in total. The molecule has 0 spiro atoms. The van der Waals surface area contributed by atoms with Crippen LogP contribution in [0.2, 0.25) is 5.02 Å². The van der Waals surface area contributed by atoms with Crippen molar-refractivity contribution in [1.29, 1.82) is 0 Å². The van der Waals surface area contributed by atoms with Gasteiger partial charge >= 0.3 is 0 Å². The number of carbonyl (C=O) groups excluding carboxylic acids is 2. The van der Waals surface area contributed by atoms with Crippen molar-refractivity contribution in [2.24, 2.45) is 0 Å². The van der Waals surface area contributed by atoms with Crippen LogP contribution in [0.5, 0.6) is 5.75 Å². The van der Waals surface area contributed by atoms with Crippen LogP contribution >= 0.6 is 11.6 Å². The second-order valence-corrected chi connectivity index (χ2v) is 6.57. The van der Waals surface area contributed by atoms with Gasteiger partial charge in [-0.2, -0.15) is 0 Å². The van der Waals surface area contributed by atoms with E-state index in [1.54, 1.807) is 42.5 Å². The zero-order valence-corrected chi connectivity index (χ0v) is 13.6. The quantitative estimate of drug-likeness (QED) is 0.891. The summed E-state index contributed by atoms with van der Waals surface area (Å²) in [6.07, 6.45) is 0.314. The predicted octanol–water partition coefficient (Wildman–Crippen LogP) is 4.34. The third-order valence-electron chi connectivity index (χ3n) is 3.62. The molecule has 1 amide bonds. The van der Waals surface area contributed by atoms with Crippen LogP contribution in [0.1, 0.15) is 41.0 Å². The Hall–Kier alpha value is -2.33. The first-order valence-electron chi connectivity index (χ1n) is 7.27. The Morgan fingerprint density at radius 1 is 1.17 bits per heavy atom. The van der Waals surface area contributed by atoms with Crippen LogP contribution in [0, 0.1) is 0 Å². The fourth-order valence-corrected chi connectivity index (χ4v) is 2.66. The van der Waals surface area contributed by atoms with Gasteiger partial charge in [0.1, 0.15) is 11.4 Å². The first-order chi connectivity index (χ1) is 10.8. The van der Waals surface area contributed by atoms with Crippen LogP contribution in [0.4, 0.5) is 5.69 Å². The number of ether oxygens (including phenoxy) is 1. The molecule has 0 aliphatic carbocycles. The molecule has 2 aromatic carbocycles. The van der Waals surface area contributed by atoms with Crippen molar-refractivity contribution in [2.75, 3.05) is 5.32 Å². The summed E-state index contributed by atoms with van der Waals surface area (Å²) in [5.41, 5.74) is 1.05. The van der Waals surface area contributed by atoms with E-state index in [0.717, 1.165) is 0 Å². The number of nitrogens with one attached hydrogen (secondary N) is 1. The fraction of sp³-hybridized carbons (Fsp3) is 0.222. The van der Waals surface area contributed by atoms with Gasteiger partial charge in [-0.15, -0.1) is 0 Å². The summed E-state index contributed by atoms with van der Waals surface area (Å²) in [6, 6.07) is 11.7. The number of hydrogen-bond acceptors (Lipinski definition) is 3. The molecule has 2 aromatic rings. The number of rotatable bonds is 2. The standard InChI is InChI=1S/C18H16ClNO3/c1-18(2)10-15(21)14-9-13(7-8-16(14)23-18)20-17(22)11-3-5-12(19)6-4-11/h3-9H,10H2,1-2H3,(H,20,22). The Balaban J connectivity index is 1.83. The lowest BCUT2D eigenvalue weighted by Gasteiger charge is -2.31. The van der Waals surface area contributed by atoms with Crippen molar-refractivity contribution >= 4 is 29.0 Å². The highest BCUT2D eigenvalue weighted by Crippen LogP contribution is 2.34. The van der Waals surface area contributed by atoms with Gasteiger partial charge in [-0.3, -0.25) is 9.59 Å². The normalized spacial score (nSPS) is 15.5. The van der Waals surface area contributed by atoms with Gasteiger partial charge in [-0.1, -0.05) is 11.6 Å². The van der Waals surface area contributed by atoms with E-state index in [-0.39, 0.29) is 11.7 Å². The molecule has 5 heteroatoms. The highest BCUT2D eigenvalue weighted by atomic mass is 35.5. The highest BCUT2D eigenvalue weighted by Gasteiger charge is 2.32. The van der Waals surface area contributed by atoms with Gasteiger partial charge in [-0.25, -0.2) is 0 Å². The molecule has 0 atom stereocenters. The molecule has 3 rings (SSSR count). The largest absolute Gasteiger partial charge is 0.487 e. The van der Waals surface area contributed by atoms with E-state index in [9.17, 15) is 9.59 Å². The van der Waals surface area contributed by atoms with Gasteiger partial charge < -0.3 is 10.1 Å². The van der Waals surface area contributed by atoms with Gasteiger partial charge in [0.2, 0.25) is 0 Å². The number of hydrogen-bond donors (Lipinski definition) is 1. The molecular weight excluding hydrogens is 314 g/mol. The second-order valence-electron chi connectivity index (χ2n) is 6.13. The molecular formula is C18H16ClNO3. The highest BCUT2D eigenvalue weighted by molar-refractivity contribution is 6.30. The molecule has 0 fully saturated rings. The molecule has 0 unspecified atom stereocenters. The number of anilines is 1. The number of ketones is 1. The summed E-state index contributed by atoms with van der Waals surface area (Å²) >= 11 is 5.81. The molecule has 1 aliphatic rings. The minimum absolute atomic E-state index is 0.0128. The maximum atomic E-state index is 12.2. The van der Waals surface area contributed by atoms with Crippen molar-refractivity contribution in [1.82, 2.24) is 0 Å². The number of carbonyl (C=O) groups is 2. The van der Waals surface area contributed by atoms with E-state index >= 15 is 0 Å². The van der Waals surface area contributed by atoms with Crippen LogP contribution in [0.3, 0.4) is 0 Å². The number of Topliss-reactive ketones (excluding diaryl/α,β-unsaturated/α-hetero) is 1. The van der Waals surface area contributed by atoms with Gasteiger partial charge in [-0.05, 0) is 56.3 Å². The molecule has 0 radical (unpaired) electrons. The number of halogens is 1. The van der Waals surface area contributed by atoms with Gasteiger partial charge in [0.15, 0.2) is 5.78 Å². The average molecular weight is 330 g/mol. The Morgan fingerprint density at radius 2 is 1.87 bits per heavy atom. The van der Waals surface area contributed by atoms with Crippen molar-refractivity contribution in [3.05, 3.63) is 58.6 Å². The summed E-state index contributed by atoms with van der Waals surface area (Å²) < 4.78 is 5.80. The van der Waals surface area contributed by atoms with E-state index in [0.29, 0.717) is 34.0 Å². The first kappa shape index (κ1) is 15.6. The molecule has 1 heterocycles. The maximum Gasteiger partial charge on any atom is 0.255 e. The van der Waals surface area contributed by atoms with E-state index < -0.39 is 5.60 Å². The summed E-state index contributed by atoms with van der Waals surface area (Å²) in [5, 5.41) is 3.35. The zero-order valence-electron chi connectivity index (χ0n) is 12.9. The number of benzene rings is 2. The summed E-state index contributed by atoms with van der Waals surface area (Å²) in [6.45, 7) is 3.76. The first-order valence-corrected chi connectivity index (χ1v) is 7.65. The third kappa shape index (κ3) is 3.37. The monoisotopic (exact) mass is 329 g/mol. The second kappa shape index (κ2) is 5.70. The molecule has 0 saturated carbocycles. The van der Waals surface area contributed by atoms with E-state index in [2.05, 4.69) is 5.32 Å². The third-order valence-corrected chi connectivity index (χ3v) is 3.87. The average Bonchev–Trinajstić information content (AvgIpc) is 2.47. The SMILES string of the molecule is CC1(C)CC(=O)c2cc(NC(=O)c3ccc(Cl)cc3)ccc2O1. The fourth-order valence-electron chi connectivity index (χ4n) is 2.53. The predicted molar refractivity (Wildman–Crippen MR) is 89.5 cm³/mol. The van der Waals surface area contributed by atoms with Gasteiger partial charge in [0.05, 0.1) is 12.0 Å². The topological polar surface area (TPSA) is 55.4 Å². The minimum atomic E-state index is -0.502. The molecule has 23 heavy (non-hydrogen) atoms. The summed E-state index contributed by atoms with van der Waals surface area (Å²) in [5.74, 6) is 0.306. The maximum absolute atomic E-state index is 12.2. The van der Waals surface area contributed by atoms with E-state index in [1.165, 1.54) is 0 Å². The lowest BCUT2D eigenvalue weighted by molar-refractivity contribution is 0.0620. The zero-order chi connectivity index (χ0) is 16.6. The Morgan fingerprint density at radius 3 is 2.57 bits per heavy atom. The van der Waals surface area contributed by atoms with Crippen LogP contribution in [0.25, 0.3) is 0 Å². The van der Waals surface area contributed by atoms with Crippen LogP contribution < -0.4 is 10.1 Å². The summed E-state index contributed by atoms with van der Waals surface area (Å²) in [7, 11) is 0. The minimum Gasteiger partial charge on any atom is -0.487 e. The number of amides is 1. The number of fused-ring (bicyclic) bond motifs is 1. The van der Waals surface area contributed by atoms with Crippen LogP contribution in [-0.4, -0.2) is 17.3 Å². The van der Waals surface area contributed by atoms with Crippen LogP contribution in [0.15, 0.2) is 42.5 Å². The lowest BCUT2D eigenvalue weighted by atomic mass is 9.93. The van der Waals surface area contributed by atoms with Gasteiger partial charge in [0, 0.05) is 16.3 Å². The Kier molecular flexibility index (Phi) is 3.86. The molecule has 1 N–H and O–H groups in total. The van der Waals surface area contributed by atoms with Crippen molar-refractivity contribution in [2.45, 2.75) is 25.9 Å². The van der Waals surface area contributed by atoms with Crippen molar-refractivity contribution < 1.29 is 14.3 Å². The molecule has 0 saturated heterocycles. The molecule has 1 aliphatic heterocycles. The lowest BCUT2D eigenvalue weighted by Crippen LogP contribution is -2.35. The van der Waals surface area contributed by atoms with E-state index in [1.807, 2.05) is 13.8 Å².